The fraction of sp³-hybridized carbons (Fsp3) is 0.833. The predicted octanol–water partition coefficient (Wildman–Crippen LogP) is 1.26. The number of rotatable bonds is 2. The Morgan fingerprint density at radius 1 is 1.27 bits per heavy atom. The number of ketones is 1. The number of carbonyl (C=O) groups is 2. The van der Waals surface area contributed by atoms with Crippen molar-refractivity contribution >= 4 is 11.7 Å². The molecule has 4 rings (SSSR count). The number of hydrogen-bond donors (Lipinski definition) is 1. The average Bonchev–Trinajstić information content (AvgIpc) is 2.11. The summed E-state index contributed by atoms with van der Waals surface area (Å²) in [6, 6.07) is 0. The summed E-state index contributed by atoms with van der Waals surface area (Å²) >= 11 is 0. The Morgan fingerprint density at radius 3 is 2.40 bits per heavy atom. The SMILES string of the molecule is NC(=O)CC12CC3CC(CC(C3)C1=O)C2. The van der Waals surface area contributed by atoms with Gasteiger partial charge >= 0.3 is 0 Å². The van der Waals surface area contributed by atoms with Crippen LogP contribution in [0.4, 0.5) is 0 Å². The number of amides is 1. The number of nitrogens with two attached hydrogens (primary N) is 1. The van der Waals surface area contributed by atoms with E-state index in [0.29, 0.717) is 24.0 Å². The summed E-state index contributed by atoms with van der Waals surface area (Å²) in [5.41, 5.74) is 4.95. The molecule has 3 nitrogen and oxygen atoms in total. The lowest BCUT2D eigenvalue weighted by Gasteiger charge is -2.55. The van der Waals surface area contributed by atoms with E-state index in [1.54, 1.807) is 0 Å². The number of Topliss-reactive ketones (excluding diaryl/α,β-unsaturated/α-hetero) is 1. The minimum Gasteiger partial charge on any atom is -0.370 e. The molecule has 4 aliphatic rings. The molecule has 4 aliphatic carbocycles. The van der Waals surface area contributed by atoms with Gasteiger partial charge < -0.3 is 5.73 Å². The summed E-state index contributed by atoms with van der Waals surface area (Å²) in [5, 5.41) is 0. The zero-order chi connectivity index (χ0) is 10.6. The van der Waals surface area contributed by atoms with Gasteiger partial charge in [0.15, 0.2) is 0 Å². The maximum atomic E-state index is 12.2. The van der Waals surface area contributed by atoms with Crippen LogP contribution in [0.3, 0.4) is 0 Å². The topological polar surface area (TPSA) is 60.2 Å². The van der Waals surface area contributed by atoms with Gasteiger partial charge in [-0.25, -0.2) is 0 Å². The molecule has 2 unspecified atom stereocenters. The molecule has 0 heterocycles. The van der Waals surface area contributed by atoms with Gasteiger partial charge in [-0.1, -0.05) is 0 Å². The maximum Gasteiger partial charge on any atom is 0.218 e. The Hall–Kier alpha value is -0.860. The summed E-state index contributed by atoms with van der Waals surface area (Å²) in [4.78, 5) is 23.3. The van der Waals surface area contributed by atoms with Crippen molar-refractivity contribution in [1.29, 1.82) is 0 Å². The van der Waals surface area contributed by atoms with Crippen molar-refractivity contribution in [2.45, 2.75) is 38.5 Å². The van der Waals surface area contributed by atoms with Crippen LogP contribution < -0.4 is 5.73 Å². The van der Waals surface area contributed by atoms with E-state index < -0.39 is 0 Å². The lowest BCUT2D eigenvalue weighted by molar-refractivity contribution is -0.156. The number of hydrogen-bond acceptors (Lipinski definition) is 2. The van der Waals surface area contributed by atoms with Crippen LogP contribution in [-0.4, -0.2) is 11.7 Å². The third-order valence-electron chi connectivity index (χ3n) is 4.67. The second-order valence-corrected chi connectivity index (χ2v) is 5.83. The highest BCUT2D eigenvalue weighted by Gasteiger charge is 2.56. The van der Waals surface area contributed by atoms with Crippen LogP contribution in [0.5, 0.6) is 0 Å². The zero-order valence-electron chi connectivity index (χ0n) is 8.87. The lowest BCUT2D eigenvalue weighted by Crippen LogP contribution is -2.54. The van der Waals surface area contributed by atoms with Crippen LogP contribution >= 0.6 is 0 Å². The molecule has 0 aliphatic heterocycles. The summed E-state index contributed by atoms with van der Waals surface area (Å²) < 4.78 is 0. The normalized spacial score (nSPS) is 47.2. The first-order valence-corrected chi connectivity index (χ1v) is 5.92. The minimum absolute atomic E-state index is 0.260. The summed E-state index contributed by atoms with van der Waals surface area (Å²) in [7, 11) is 0. The quantitative estimate of drug-likeness (QED) is 0.741. The largest absolute Gasteiger partial charge is 0.370 e. The van der Waals surface area contributed by atoms with Crippen molar-refractivity contribution in [3.63, 3.8) is 0 Å². The van der Waals surface area contributed by atoms with Crippen molar-refractivity contribution < 1.29 is 9.59 Å². The Bertz CT molecular complexity index is 323. The highest BCUT2D eigenvalue weighted by atomic mass is 16.1. The third-order valence-corrected chi connectivity index (χ3v) is 4.67. The molecule has 0 spiro atoms. The van der Waals surface area contributed by atoms with Crippen molar-refractivity contribution in [3.8, 4) is 0 Å². The molecule has 4 fully saturated rings. The fourth-order valence-corrected chi connectivity index (χ4v) is 4.50. The molecule has 0 radical (unpaired) electrons. The van der Waals surface area contributed by atoms with Crippen LogP contribution in [0.15, 0.2) is 0 Å². The first-order valence-electron chi connectivity index (χ1n) is 5.92. The summed E-state index contributed by atoms with van der Waals surface area (Å²) in [5.74, 6) is 1.70. The molecule has 0 saturated heterocycles. The Morgan fingerprint density at radius 2 is 1.87 bits per heavy atom. The van der Waals surface area contributed by atoms with E-state index in [1.165, 1.54) is 6.42 Å². The molecule has 2 N–H and O–H groups in total. The van der Waals surface area contributed by atoms with Gasteiger partial charge in [-0.05, 0) is 43.9 Å². The minimum atomic E-state index is -0.333. The lowest BCUT2D eigenvalue weighted by atomic mass is 9.48. The molecule has 3 heteroatoms. The van der Waals surface area contributed by atoms with Gasteiger partial charge in [0.1, 0.15) is 5.78 Å². The molecule has 0 aromatic rings. The second kappa shape index (κ2) is 2.83. The number of carbonyl (C=O) groups excluding carboxylic acids is 2. The third kappa shape index (κ3) is 1.25. The molecule has 4 bridgehead atoms. The van der Waals surface area contributed by atoms with Crippen LogP contribution in [0, 0.1) is 23.2 Å². The monoisotopic (exact) mass is 207 g/mol. The van der Waals surface area contributed by atoms with E-state index in [4.69, 9.17) is 5.73 Å². The predicted molar refractivity (Wildman–Crippen MR) is 54.8 cm³/mol. The van der Waals surface area contributed by atoms with Gasteiger partial charge in [0.2, 0.25) is 5.91 Å². The first-order chi connectivity index (χ1) is 7.09. The molecule has 4 saturated carbocycles. The highest BCUT2D eigenvalue weighted by molar-refractivity contribution is 5.93. The van der Waals surface area contributed by atoms with Gasteiger partial charge in [0.25, 0.3) is 0 Å². The molecule has 0 aromatic heterocycles. The summed E-state index contributed by atoms with van der Waals surface area (Å²) in [6.45, 7) is 0. The molecule has 2 atom stereocenters. The fourth-order valence-electron chi connectivity index (χ4n) is 4.50. The van der Waals surface area contributed by atoms with E-state index in [-0.39, 0.29) is 17.2 Å². The smallest absolute Gasteiger partial charge is 0.218 e. The molecular weight excluding hydrogens is 190 g/mol. The highest BCUT2D eigenvalue weighted by Crippen LogP contribution is 2.59. The van der Waals surface area contributed by atoms with Gasteiger partial charge in [0, 0.05) is 17.8 Å². The van der Waals surface area contributed by atoms with Gasteiger partial charge in [-0.3, -0.25) is 9.59 Å². The Balaban J connectivity index is 1.94. The maximum absolute atomic E-state index is 12.2. The van der Waals surface area contributed by atoms with Gasteiger partial charge in [0.05, 0.1) is 0 Å². The van der Waals surface area contributed by atoms with Gasteiger partial charge in [-0.2, -0.15) is 0 Å². The Labute approximate surface area is 89.4 Å². The molecular formula is C12H17NO2. The van der Waals surface area contributed by atoms with E-state index in [1.807, 2.05) is 0 Å². The van der Waals surface area contributed by atoms with Gasteiger partial charge in [-0.15, -0.1) is 0 Å². The molecule has 82 valence electrons. The number of primary amides is 1. The van der Waals surface area contributed by atoms with Crippen molar-refractivity contribution in [2.24, 2.45) is 28.9 Å². The first kappa shape index (κ1) is 9.37. The van der Waals surface area contributed by atoms with Crippen LogP contribution in [-0.2, 0) is 9.59 Å². The van der Waals surface area contributed by atoms with Crippen molar-refractivity contribution in [3.05, 3.63) is 0 Å². The standard InChI is InChI=1S/C12H17NO2/c13-10(14)6-12-4-7-1-8(5-12)3-9(2-7)11(12)15/h7-9H,1-6H2,(H2,13,14). The van der Waals surface area contributed by atoms with E-state index in [2.05, 4.69) is 0 Å². The average molecular weight is 207 g/mol. The Kier molecular flexibility index (Phi) is 1.77. The summed E-state index contributed by atoms with van der Waals surface area (Å²) in [6.07, 6.45) is 5.61. The van der Waals surface area contributed by atoms with Crippen molar-refractivity contribution in [1.82, 2.24) is 0 Å². The van der Waals surface area contributed by atoms with Crippen molar-refractivity contribution in [2.75, 3.05) is 0 Å². The molecule has 1 amide bonds. The van der Waals surface area contributed by atoms with Crippen LogP contribution in [0.2, 0.25) is 0 Å². The van der Waals surface area contributed by atoms with E-state index >= 15 is 0 Å². The molecule has 15 heavy (non-hydrogen) atoms. The van der Waals surface area contributed by atoms with Crippen LogP contribution in [0.1, 0.15) is 38.5 Å². The van der Waals surface area contributed by atoms with Crippen LogP contribution in [0.25, 0.3) is 0 Å². The second-order valence-electron chi connectivity index (χ2n) is 5.83. The molecule has 0 aromatic carbocycles. The zero-order valence-corrected chi connectivity index (χ0v) is 8.87. The van der Waals surface area contributed by atoms with E-state index in [0.717, 1.165) is 25.7 Å². The van der Waals surface area contributed by atoms with E-state index in [9.17, 15) is 9.59 Å².